The Kier molecular flexibility index (Phi) is 3.78. The summed E-state index contributed by atoms with van der Waals surface area (Å²) in [6.45, 7) is 0. The van der Waals surface area contributed by atoms with Crippen molar-refractivity contribution in [1.82, 2.24) is 0 Å². The summed E-state index contributed by atoms with van der Waals surface area (Å²) in [5, 5.41) is 3.83. The monoisotopic (exact) mass is 284 g/mol. The minimum absolute atomic E-state index is 0.987. The fraction of sp³-hybridized carbons (Fsp3) is 0. The van der Waals surface area contributed by atoms with Crippen LogP contribution in [0.25, 0.3) is 11.1 Å². The number of benzene rings is 2. The third-order valence-corrected chi connectivity index (χ3v) is 5.03. The predicted molar refractivity (Wildman–Crippen MR) is 84.6 cm³/mol. The van der Waals surface area contributed by atoms with Gasteiger partial charge in [0.15, 0.2) is 0 Å². The Morgan fingerprint density at radius 2 is 1.26 bits per heavy atom. The van der Waals surface area contributed by atoms with E-state index in [0.717, 1.165) is 22.3 Å². The molecule has 1 atom stereocenters. The van der Waals surface area contributed by atoms with E-state index < -0.39 is 10.2 Å². The normalized spacial score (nSPS) is 18.7. The van der Waals surface area contributed by atoms with Crippen LogP contribution in [0.4, 0.5) is 0 Å². The molecule has 0 aliphatic carbocycles. The highest BCUT2D eigenvalue weighted by molar-refractivity contribution is 8.74. The van der Waals surface area contributed by atoms with E-state index in [9.17, 15) is 4.55 Å². The molecule has 0 bridgehead atoms. The third-order valence-electron chi connectivity index (χ3n) is 2.93. The lowest BCUT2D eigenvalue weighted by atomic mass is 9.95. The van der Waals surface area contributed by atoms with Crippen molar-refractivity contribution in [2.45, 2.75) is 0 Å². The highest BCUT2D eigenvalue weighted by atomic mass is 33.1. The van der Waals surface area contributed by atoms with Gasteiger partial charge in [-0.2, -0.15) is 0 Å². The molecule has 3 rings (SSSR count). The molecule has 0 radical (unpaired) electrons. The molecule has 1 aliphatic heterocycles. The summed E-state index contributed by atoms with van der Waals surface area (Å²) in [5.74, 6) is 0. The fourth-order valence-electron chi connectivity index (χ4n) is 2.03. The molecular formula is C16H12OS2. The van der Waals surface area contributed by atoms with E-state index in [1.165, 1.54) is 10.8 Å². The van der Waals surface area contributed by atoms with Gasteiger partial charge in [-0.3, -0.25) is 0 Å². The van der Waals surface area contributed by atoms with Gasteiger partial charge >= 0.3 is 0 Å². The highest BCUT2D eigenvalue weighted by Gasteiger charge is 2.20. The van der Waals surface area contributed by atoms with Crippen LogP contribution in [0.5, 0.6) is 0 Å². The van der Waals surface area contributed by atoms with E-state index in [2.05, 4.69) is 24.3 Å². The Morgan fingerprint density at radius 3 is 1.84 bits per heavy atom. The van der Waals surface area contributed by atoms with Gasteiger partial charge in [0, 0.05) is 16.6 Å². The molecule has 0 fully saturated rings. The first-order valence-corrected chi connectivity index (χ1v) is 8.56. The van der Waals surface area contributed by atoms with Crippen molar-refractivity contribution in [3.05, 3.63) is 82.6 Å². The lowest BCUT2D eigenvalue weighted by Gasteiger charge is -2.16. The average Bonchev–Trinajstić information content (AvgIpc) is 2.49. The standard InChI is InChI=1S/C16H12OS2/c17-19-12-16(14-9-5-2-6-10-14)15(11-18-19)13-7-3-1-4-8-13/h1-12H. The second-order valence-electron chi connectivity index (χ2n) is 4.15. The lowest BCUT2D eigenvalue weighted by Crippen LogP contribution is -1.99. The van der Waals surface area contributed by atoms with E-state index in [0.29, 0.717) is 0 Å². The van der Waals surface area contributed by atoms with E-state index in [1.807, 2.05) is 47.2 Å². The molecule has 0 saturated heterocycles. The van der Waals surface area contributed by atoms with Crippen LogP contribution in [0.1, 0.15) is 11.1 Å². The number of allylic oxidation sites excluding steroid dienone is 2. The van der Waals surface area contributed by atoms with E-state index >= 15 is 0 Å². The van der Waals surface area contributed by atoms with Crippen molar-refractivity contribution >= 4 is 32.1 Å². The lowest BCUT2D eigenvalue weighted by molar-refractivity contribution is 0.617. The van der Waals surface area contributed by atoms with Crippen molar-refractivity contribution in [2.75, 3.05) is 0 Å². The SMILES string of the molecule is [O-][S+]1C=C(c2ccccc2)C(c2ccccc2)=CS1. The fourth-order valence-corrected chi connectivity index (χ4v) is 4.02. The molecule has 0 N–H and O–H groups in total. The summed E-state index contributed by atoms with van der Waals surface area (Å²) in [6.07, 6.45) is 0. The number of hydrogen-bond acceptors (Lipinski definition) is 2. The molecule has 3 heteroatoms. The van der Waals surface area contributed by atoms with Gasteiger partial charge in [0.1, 0.15) is 16.2 Å². The summed E-state index contributed by atoms with van der Waals surface area (Å²) in [5.41, 5.74) is 4.44. The molecule has 1 nitrogen and oxygen atoms in total. The maximum atomic E-state index is 11.8. The second kappa shape index (κ2) is 5.70. The summed E-state index contributed by atoms with van der Waals surface area (Å²) in [7, 11) is 0.366. The van der Waals surface area contributed by atoms with Gasteiger partial charge < -0.3 is 4.55 Å². The van der Waals surface area contributed by atoms with Gasteiger partial charge in [-0.25, -0.2) is 0 Å². The quantitative estimate of drug-likeness (QED) is 0.599. The Morgan fingerprint density at radius 1 is 0.737 bits per heavy atom. The zero-order valence-electron chi connectivity index (χ0n) is 10.2. The van der Waals surface area contributed by atoms with Gasteiger partial charge in [-0.1, -0.05) is 60.7 Å². The van der Waals surface area contributed by atoms with Crippen molar-refractivity contribution in [2.24, 2.45) is 0 Å². The van der Waals surface area contributed by atoms with Crippen LogP contribution in [-0.2, 0) is 10.2 Å². The van der Waals surface area contributed by atoms with Gasteiger partial charge in [-0.15, -0.1) is 0 Å². The molecule has 1 heterocycles. The van der Waals surface area contributed by atoms with Gasteiger partial charge in [0.05, 0.1) is 10.2 Å². The molecular weight excluding hydrogens is 272 g/mol. The first-order valence-electron chi connectivity index (χ1n) is 5.95. The van der Waals surface area contributed by atoms with Crippen molar-refractivity contribution in [1.29, 1.82) is 0 Å². The minimum Gasteiger partial charge on any atom is -0.600 e. The smallest absolute Gasteiger partial charge is 0.139 e. The van der Waals surface area contributed by atoms with E-state index in [1.54, 1.807) is 0 Å². The first-order chi connectivity index (χ1) is 9.34. The van der Waals surface area contributed by atoms with Crippen LogP contribution in [0, 0.1) is 0 Å². The summed E-state index contributed by atoms with van der Waals surface area (Å²) >= 11 is 0. The van der Waals surface area contributed by atoms with Gasteiger partial charge in [0.2, 0.25) is 0 Å². The summed E-state index contributed by atoms with van der Waals surface area (Å²) < 4.78 is 11.8. The molecule has 0 spiro atoms. The molecule has 94 valence electrons. The summed E-state index contributed by atoms with van der Waals surface area (Å²) in [4.78, 5) is 0. The first kappa shape index (κ1) is 12.6. The molecule has 1 aliphatic rings. The Bertz CT molecular complexity index is 618. The molecule has 1 unspecified atom stereocenters. The average molecular weight is 284 g/mol. The van der Waals surface area contributed by atoms with Gasteiger partial charge in [0.25, 0.3) is 0 Å². The maximum absolute atomic E-state index is 11.8. The molecule has 0 saturated carbocycles. The minimum atomic E-state index is -0.987. The molecule has 0 amide bonds. The van der Waals surface area contributed by atoms with Crippen molar-refractivity contribution in [3.8, 4) is 0 Å². The zero-order chi connectivity index (χ0) is 13.1. The van der Waals surface area contributed by atoms with Crippen LogP contribution in [0.3, 0.4) is 0 Å². The van der Waals surface area contributed by atoms with Crippen molar-refractivity contribution < 1.29 is 4.55 Å². The topological polar surface area (TPSA) is 23.1 Å². The Labute approximate surface area is 119 Å². The van der Waals surface area contributed by atoms with Crippen LogP contribution in [0.2, 0.25) is 0 Å². The highest BCUT2D eigenvalue weighted by Crippen LogP contribution is 2.40. The molecule has 19 heavy (non-hydrogen) atoms. The summed E-state index contributed by atoms with van der Waals surface area (Å²) in [6, 6.07) is 20.3. The Hall–Kier alpha value is -1.42. The number of hydrogen-bond donors (Lipinski definition) is 0. The van der Waals surface area contributed by atoms with Crippen LogP contribution in [-0.4, -0.2) is 4.55 Å². The largest absolute Gasteiger partial charge is 0.600 e. The molecule has 0 aromatic heterocycles. The molecule has 2 aromatic rings. The van der Waals surface area contributed by atoms with Crippen LogP contribution < -0.4 is 0 Å². The van der Waals surface area contributed by atoms with E-state index in [-0.39, 0.29) is 0 Å². The van der Waals surface area contributed by atoms with Crippen LogP contribution >= 0.6 is 10.8 Å². The zero-order valence-corrected chi connectivity index (χ0v) is 11.8. The van der Waals surface area contributed by atoms with E-state index in [4.69, 9.17) is 0 Å². The van der Waals surface area contributed by atoms with Crippen LogP contribution in [0.15, 0.2) is 71.5 Å². The van der Waals surface area contributed by atoms with Gasteiger partial charge in [-0.05, 0) is 11.1 Å². The van der Waals surface area contributed by atoms with Crippen molar-refractivity contribution in [3.63, 3.8) is 0 Å². The molecule has 2 aromatic carbocycles. The predicted octanol–water partition coefficient (Wildman–Crippen LogP) is 4.48. The maximum Gasteiger partial charge on any atom is 0.139 e. The number of rotatable bonds is 2. The second-order valence-corrected chi connectivity index (χ2v) is 6.90. The third kappa shape index (κ3) is 2.78. The Balaban J connectivity index is 2.07.